The van der Waals surface area contributed by atoms with Gasteiger partial charge in [0.1, 0.15) is 5.82 Å². The van der Waals surface area contributed by atoms with Gasteiger partial charge in [0.05, 0.1) is 5.56 Å². The quantitative estimate of drug-likeness (QED) is 0.771. The molecule has 5 heteroatoms. The van der Waals surface area contributed by atoms with E-state index in [2.05, 4.69) is 15.3 Å². The van der Waals surface area contributed by atoms with Crippen LogP contribution in [0.4, 0.5) is 5.82 Å². The predicted octanol–water partition coefficient (Wildman–Crippen LogP) is 1.19. The van der Waals surface area contributed by atoms with Crippen molar-refractivity contribution in [3.05, 3.63) is 29.0 Å². The lowest BCUT2D eigenvalue weighted by atomic mass is 10.1. The van der Waals surface area contributed by atoms with Gasteiger partial charge in [0.2, 0.25) is 0 Å². The summed E-state index contributed by atoms with van der Waals surface area (Å²) in [4.78, 5) is 20.1. The highest BCUT2D eigenvalue weighted by Crippen LogP contribution is 2.20. The number of nitrogens with zero attached hydrogens (tertiary/aromatic N) is 2. The maximum atomic E-state index is 11.6. The van der Waals surface area contributed by atoms with Crippen molar-refractivity contribution < 1.29 is 4.79 Å². The van der Waals surface area contributed by atoms with Crippen LogP contribution in [0.15, 0.2) is 12.1 Å². The number of nitrogens with two attached hydrogens (primary N) is 1. The van der Waals surface area contributed by atoms with Crippen molar-refractivity contribution >= 4 is 22.8 Å². The third-order valence-electron chi connectivity index (χ3n) is 2.64. The van der Waals surface area contributed by atoms with E-state index in [9.17, 15) is 4.79 Å². The van der Waals surface area contributed by atoms with Gasteiger partial charge in [-0.25, -0.2) is 9.97 Å². The van der Waals surface area contributed by atoms with Crippen molar-refractivity contribution in [2.75, 3.05) is 12.8 Å². The number of amides is 1. The fraction of sp³-hybridized carbons (Fsp3) is 0.250. The molecule has 0 saturated carbocycles. The van der Waals surface area contributed by atoms with Crippen LogP contribution >= 0.6 is 0 Å². The van der Waals surface area contributed by atoms with Gasteiger partial charge in [0.25, 0.3) is 5.91 Å². The van der Waals surface area contributed by atoms with Gasteiger partial charge in [-0.2, -0.15) is 0 Å². The van der Waals surface area contributed by atoms with Crippen LogP contribution in [0.3, 0.4) is 0 Å². The molecular weight excluding hydrogens is 216 g/mol. The topological polar surface area (TPSA) is 80.9 Å². The first kappa shape index (κ1) is 11.3. The Morgan fingerprint density at radius 1 is 1.29 bits per heavy atom. The third-order valence-corrected chi connectivity index (χ3v) is 2.64. The normalized spacial score (nSPS) is 10.5. The van der Waals surface area contributed by atoms with Gasteiger partial charge >= 0.3 is 0 Å². The molecule has 0 spiro atoms. The van der Waals surface area contributed by atoms with Gasteiger partial charge in [0.15, 0.2) is 5.65 Å². The summed E-state index contributed by atoms with van der Waals surface area (Å²) in [6.07, 6.45) is 0. The number of rotatable bonds is 1. The van der Waals surface area contributed by atoms with E-state index in [4.69, 9.17) is 5.73 Å². The zero-order chi connectivity index (χ0) is 12.6. The van der Waals surface area contributed by atoms with E-state index in [1.165, 1.54) is 0 Å². The van der Waals surface area contributed by atoms with Crippen molar-refractivity contribution in [2.45, 2.75) is 13.8 Å². The molecule has 0 aliphatic carbocycles. The van der Waals surface area contributed by atoms with E-state index in [-0.39, 0.29) is 11.7 Å². The number of carbonyl (C=O) groups excluding carboxylic acids is 1. The second-order valence-electron chi connectivity index (χ2n) is 3.95. The number of anilines is 1. The summed E-state index contributed by atoms with van der Waals surface area (Å²) in [7, 11) is 1.56. The second kappa shape index (κ2) is 4.01. The number of hydrogen-bond acceptors (Lipinski definition) is 4. The lowest BCUT2D eigenvalue weighted by molar-refractivity contribution is 0.0964. The highest BCUT2D eigenvalue weighted by molar-refractivity contribution is 6.01. The number of fused-ring (bicyclic) bond motifs is 1. The molecule has 5 nitrogen and oxygen atoms in total. The number of carbonyl (C=O) groups is 1. The van der Waals surface area contributed by atoms with Crippen LogP contribution in [0.1, 0.15) is 21.6 Å². The number of aromatic nitrogens is 2. The minimum atomic E-state index is -0.239. The van der Waals surface area contributed by atoms with Gasteiger partial charge in [0, 0.05) is 18.1 Å². The fourth-order valence-corrected chi connectivity index (χ4v) is 1.80. The lowest BCUT2D eigenvalue weighted by Crippen LogP contribution is -2.20. The molecule has 0 bridgehead atoms. The van der Waals surface area contributed by atoms with Crippen LogP contribution in [-0.2, 0) is 0 Å². The lowest BCUT2D eigenvalue weighted by Gasteiger charge is -2.08. The summed E-state index contributed by atoms with van der Waals surface area (Å²) in [6.45, 7) is 3.86. The molecular formula is C12H14N4O. The molecule has 2 heterocycles. The summed E-state index contributed by atoms with van der Waals surface area (Å²) in [6, 6.07) is 3.69. The van der Waals surface area contributed by atoms with E-state index >= 15 is 0 Å². The number of aryl methyl sites for hydroxylation is 2. The Balaban J connectivity index is 2.76. The summed E-state index contributed by atoms with van der Waals surface area (Å²) < 4.78 is 0. The number of nitrogens with one attached hydrogen (secondary N) is 1. The minimum Gasteiger partial charge on any atom is -0.383 e. The average Bonchev–Trinajstić information content (AvgIpc) is 2.27. The van der Waals surface area contributed by atoms with Gasteiger partial charge in [-0.15, -0.1) is 0 Å². The standard InChI is InChI=1S/C12H14N4O/c1-6-4-7(2)15-11-8(6)5-9(10(13)16-11)12(17)14-3/h4-5H,1-3H3,(H,14,17)(H2,13,15,16). The minimum absolute atomic E-state index is 0.203. The molecule has 3 N–H and O–H groups in total. The zero-order valence-electron chi connectivity index (χ0n) is 10.0. The Morgan fingerprint density at radius 3 is 2.65 bits per heavy atom. The molecule has 0 aliphatic rings. The smallest absolute Gasteiger partial charge is 0.254 e. The molecule has 0 aromatic carbocycles. The molecule has 2 aromatic heterocycles. The molecule has 0 radical (unpaired) electrons. The van der Waals surface area contributed by atoms with Crippen molar-refractivity contribution in [1.29, 1.82) is 0 Å². The summed E-state index contributed by atoms with van der Waals surface area (Å²) in [5, 5.41) is 3.39. The maximum Gasteiger partial charge on any atom is 0.254 e. The SMILES string of the molecule is CNC(=O)c1cc2c(C)cc(C)nc2nc1N. The van der Waals surface area contributed by atoms with Crippen molar-refractivity contribution in [2.24, 2.45) is 0 Å². The largest absolute Gasteiger partial charge is 0.383 e. The number of pyridine rings is 2. The molecule has 2 aromatic rings. The van der Waals surface area contributed by atoms with E-state index in [1.54, 1.807) is 13.1 Å². The summed E-state index contributed by atoms with van der Waals surface area (Å²) >= 11 is 0. The molecule has 0 unspecified atom stereocenters. The Morgan fingerprint density at radius 2 is 2.00 bits per heavy atom. The maximum absolute atomic E-state index is 11.6. The third kappa shape index (κ3) is 1.91. The van der Waals surface area contributed by atoms with E-state index < -0.39 is 0 Å². The fourth-order valence-electron chi connectivity index (χ4n) is 1.80. The van der Waals surface area contributed by atoms with Crippen LogP contribution in [0, 0.1) is 13.8 Å². The molecule has 0 saturated heterocycles. The summed E-state index contributed by atoms with van der Waals surface area (Å²) in [5.74, 6) is -0.0359. The number of nitrogen functional groups attached to an aromatic ring is 1. The molecule has 2 rings (SSSR count). The first-order valence-corrected chi connectivity index (χ1v) is 5.29. The first-order valence-electron chi connectivity index (χ1n) is 5.29. The molecule has 1 amide bonds. The molecule has 0 atom stereocenters. The highest BCUT2D eigenvalue weighted by Gasteiger charge is 2.12. The molecule has 88 valence electrons. The van der Waals surface area contributed by atoms with Crippen LogP contribution in [0.5, 0.6) is 0 Å². The zero-order valence-corrected chi connectivity index (χ0v) is 10.0. The second-order valence-corrected chi connectivity index (χ2v) is 3.95. The van der Waals surface area contributed by atoms with E-state index in [0.29, 0.717) is 11.2 Å². The van der Waals surface area contributed by atoms with Crippen LogP contribution in [0.2, 0.25) is 0 Å². The average molecular weight is 230 g/mol. The molecule has 0 aliphatic heterocycles. The number of hydrogen-bond donors (Lipinski definition) is 2. The highest BCUT2D eigenvalue weighted by atomic mass is 16.1. The van der Waals surface area contributed by atoms with Crippen LogP contribution in [0.25, 0.3) is 11.0 Å². The van der Waals surface area contributed by atoms with Gasteiger partial charge < -0.3 is 11.1 Å². The monoisotopic (exact) mass is 230 g/mol. The first-order chi connectivity index (χ1) is 8.02. The van der Waals surface area contributed by atoms with Gasteiger partial charge in [-0.05, 0) is 31.5 Å². The predicted molar refractivity (Wildman–Crippen MR) is 66.8 cm³/mol. The van der Waals surface area contributed by atoms with Crippen molar-refractivity contribution in [3.63, 3.8) is 0 Å². The Hall–Kier alpha value is -2.17. The van der Waals surface area contributed by atoms with Crippen molar-refractivity contribution in [3.8, 4) is 0 Å². The Bertz CT molecular complexity index is 607. The van der Waals surface area contributed by atoms with Crippen LogP contribution in [-0.4, -0.2) is 22.9 Å². The molecule has 0 fully saturated rings. The Kier molecular flexibility index (Phi) is 2.67. The van der Waals surface area contributed by atoms with Gasteiger partial charge in [-0.1, -0.05) is 0 Å². The Labute approximate surface area is 99.1 Å². The molecule has 17 heavy (non-hydrogen) atoms. The van der Waals surface area contributed by atoms with Crippen molar-refractivity contribution in [1.82, 2.24) is 15.3 Å². The van der Waals surface area contributed by atoms with E-state index in [0.717, 1.165) is 16.6 Å². The van der Waals surface area contributed by atoms with Crippen LogP contribution < -0.4 is 11.1 Å². The van der Waals surface area contributed by atoms with E-state index in [1.807, 2.05) is 19.9 Å². The van der Waals surface area contributed by atoms with Gasteiger partial charge in [-0.3, -0.25) is 4.79 Å². The summed E-state index contributed by atoms with van der Waals surface area (Å²) in [5.41, 5.74) is 8.63.